The molecule has 0 aliphatic heterocycles. The molecule has 0 saturated carbocycles. The van der Waals surface area contributed by atoms with Gasteiger partial charge in [0.15, 0.2) is 0 Å². The molecular formula is C16H33NO2. The third-order valence-electron chi connectivity index (χ3n) is 4.11. The van der Waals surface area contributed by atoms with Gasteiger partial charge in [-0.1, -0.05) is 41.0 Å². The molecule has 0 amide bonds. The highest BCUT2D eigenvalue weighted by Gasteiger charge is 2.33. The second kappa shape index (κ2) is 7.88. The van der Waals surface area contributed by atoms with E-state index in [9.17, 15) is 4.79 Å². The summed E-state index contributed by atoms with van der Waals surface area (Å²) in [6, 6.07) is 0. The smallest absolute Gasteiger partial charge is 0.305 e. The van der Waals surface area contributed by atoms with Crippen molar-refractivity contribution in [2.45, 2.75) is 60.3 Å². The van der Waals surface area contributed by atoms with E-state index in [1.165, 1.54) is 0 Å². The second-order valence-corrected chi connectivity index (χ2v) is 7.41. The van der Waals surface area contributed by atoms with Crippen LogP contribution in [-0.4, -0.2) is 38.1 Å². The Bertz CT molecular complexity index is 264. The van der Waals surface area contributed by atoms with Gasteiger partial charge in [-0.05, 0) is 38.9 Å². The van der Waals surface area contributed by atoms with Gasteiger partial charge >= 0.3 is 5.97 Å². The Hall–Kier alpha value is -0.570. The zero-order chi connectivity index (χ0) is 15.1. The van der Waals surface area contributed by atoms with Gasteiger partial charge in [-0.2, -0.15) is 0 Å². The van der Waals surface area contributed by atoms with Gasteiger partial charge in [0.1, 0.15) is 0 Å². The van der Waals surface area contributed by atoms with Crippen molar-refractivity contribution in [2.75, 3.05) is 27.2 Å². The standard InChI is InChI=1S/C16H33NO2/c1-15(2,3)16(4,5)13-19-14(18)11-9-8-10-12-17(6)7/h8-13H2,1-7H3. The van der Waals surface area contributed by atoms with E-state index in [2.05, 4.69) is 53.6 Å². The first-order valence-electron chi connectivity index (χ1n) is 7.36. The highest BCUT2D eigenvalue weighted by Crippen LogP contribution is 2.37. The quantitative estimate of drug-likeness (QED) is 0.498. The molecule has 0 unspecified atom stereocenters. The molecule has 0 spiro atoms. The molecule has 0 aromatic rings. The van der Waals surface area contributed by atoms with E-state index in [-0.39, 0.29) is 16.8 Å². The lowest BCUT2D eigenvalue weighted by Crippen LogP contribution is -2.35. The summed E-state index contributed by atoms with van der Waals surface area (Å²) in [5.74, 6) is -0.0535. The highest BCUT2D eigenvalue weighted by molar-refractivity contribution is 5.69. The third kappa shape index (κ3) is 8.25. The molecule has 0 N–H and O–H groups in total. The first-order valence-corrected chi connectivity index (χ1v) is 7.36. The first-order chi connectivity index (χ1) is 8.56. The highest BCUT2D eigenvalue weighted by atomic mass is 16.5. The third-order valence-corrected chi connectivity index (χ3v) is 4.11. The van der Waals surface area contributed by atoms with E-state index >= 15 is 0 Å². The molecule has 19 heavy (non-hydrogen) atoms. The molecule has 0 aromatic heterocycles. The van der Waals surface area contributed by atoms with Crippen LogP contribution in [-0.2, 0) is 9.53 Å². The summed E-state index contributed by atoms with van der Waals surface area (Å²) >= 11 is 0. The SMILES string of the molecule is CN(C)CCCCCC(=O)OCC(C)(C)C(C)(C)C. The molecule has 0 aromatic carbocycles. The Kier molecular flexibility index (Phi) is 7.65. The van der Waals surface area contributed by atoms with Crippen molar-refractivity contribution in [3.8, 4) is 0 Å². The van der Waals surface area contributed by atoms with Crippen LogP contribution in [0.15, 0.2) is 0 Å². The van der Waals surface area contributed by atoms with Crippen LogP contribution in [0.2, 0.25) is 0 Å². The van der Waals surface area contributed by atoms with Crippen LogP contribution >= 0.6 is 0 Å². The fourth-order valence-corrected chi connectivity index (χ4v) is 1.42. The predicted octanol–water partition coefficient (Wildman–Crippen LogP) is 3.72. The van der Waals surface area contributed by atoms with E-state index in [1.54, 1.807) is 0 Å². The van der Waals surface area contributed by atoms with Crippen molar-refractivity contribution in [1.82, 2.24) is 4.90 Å². The van der Waals surface area contributed by atoms with Gasteiger partial charge in [0.05, 0.1) is 6.61 Å². The van der Waals surface area contributed by atoms with Gasteiger partial charge < -0.3 is 9.64 Å². The van der Waals surface area contributed by atoms with E-state index in [0.29, 0.717) is 13.0 Å². The lowest BCUT2D eigenvalue weighted by molar-refractivity contribution is -0.149. The summed E-state index contributed by atoms with van der Waals surface area (Å²) in [5, 5.41) is 0. The molecule has 0 bridgehead atoms. The number of carbonyl (C=O) groups excluding carboxylic acids is 1. The molecular weight excluding hydrogens is 238 g/mol. The van der Waals surface area contributed by atoms with Gasteiger partial charge in [-0.3, -0.25) is 4.79 Å². The lowest BCUT2D eigenvalue weighted by atomic mass is 9.70. The number of hydrogen-bond acceptors (Lipinski definition) is 3. The topological polar surface area (TPSA) is 29.5 Å². The molecule has 0 aliphatic carbocycles. The Morgan fingerprint density at radius 3 is 2.05 bits per heavy atom. The molecule has 0 fully saturated rings. The summed E-state index contributed by atoms with van der Waals surface area (Å²) in [6.07, 6.45) is 3.72. The predicted molar refractivity (Wildman–Crippen MR) is 81.2 cm³/mol. The fourth-order valence-electron chi connectivity index (χ4n) is 1.42. The van der Waals surface area contributed by atoms with Crippen molar-refractivity contribution in [3.63, 3.8) is 0 Å². The minimum atomic E-state index is -0.0535. The Balaban J connectivity index is 3.77. The summed E-state index contributed by atoms with van der Waals surface area (Å²) in [4.78, 5) is 13.9. The average molecular weight is 271 g/mol. The molecule has 0 radical (unpaired) electrons. The zero-order valence-electron chi connectivity index (χ0n) is 14.0. The summed E-state index contributed by atoms with van der Waals surface area (Å²) < 4.78 is 5.41. The normalized spacial score (nSPS) is 12.8. The molecule has 0 saturated heterocycles. The summed E-state index contributed by atoms with van der Waals surface area (Å²) in [5.41, 5.74) is 0.145. The van der Waals surface area contributed by atoms with E-state index in [4.69, 9.17) is 4.74 Å². The minimum absolute atomic E-state index is 0.00752. The monoisotopic (exact) mass is 271 g/mol. The van der Waals surface area contributed by atoms with Crippen LogP contribution in [0.1, 0.15) is 60.3 Å². The van der Waals surface area contributed by atoms with Crippen LogP contribution in [0.3, 0.4) is 0 Å². The van der Waals surface area contributed by atoms with Crippen molar-refractivity contribution < 1.29 is 9.53 Å². The molecule has 3 nitrogen and oxygen atoms in total. The largest absolute Gasteiger partial charge is 0.465 e. The summed E-state index contributed by atoms with van der Waals surface area (Å²) in [6.45, 7) is 12.4. The van der Waals surface area contributed by atoms with E-state index < -0.39 is 0 Å². The number of ether oxygens (including phenoxy) is 1. The van der Waals surface area contributed by atoms with Crippen LogP contribution in [0.4, 0.5) is 0 Å². The molecule has 0 aliphatic rings. The first kappa shape index (κ1) is 18.4. The number of unbranched alkanes of at least 4 members (excludes halogenated alkanes) is 2. The van der Waals surface area contributed by atoms with Crippen LogP contribution in [0.25, 0.3) is 0 Å². The van der Waals surface area contributed by atoms with Crippen molar-refractivity contribution >= 4 is 5.97 Å². The maximum atomic E-state index is 11.7. The molecule has 3 heteroatoms. The minimum Gasteiger partial charge on any atom is -0.465 e. The maximum Gasteiger partial charge on any atom is 0.305 e. The number of carbonyl (C=O) groups is 1. The van der Waals surface area contributed by atoms with E-state index in [0.717, 1.165) is 25.8 Å². The van der Waals surface area contributed by atoms with E-state index in [1.807, 2.05) is 0 Å². The number of hydrogen-bond donors (Lipinski definition) is 0. The van der Waals surface area contributed by atoms with Crippen molar-refractivity contribution in [3.05, 3.63) is 0 Å². The van der Waals surface area contributed by atoms with Crippen LogP contribution in [0, 0.1) is 10.8 Å². The van der Waals surface area contributed by atoms with Gasteiger partial charge in [0.2, 0.25) is 0 Å². The molecule has 0 atom stereocenters. The lowest BCUT2D eigenvalue weighted by Gasteiger charge is -2.38. The number of nitrogens with zero attached hydrogens (tertiary/aromatic N) is 1. The molecule has 0 heterocycles. The van der Waals surface area contributed by atoms with Crippen molar-refractivity contribution in [1.29, 1.82) is 0 Å². The second-order valence-electron chi connectivity index (χ2n) is 7.41. The van der Waals surface area contributed by atoms with Crippen LogP contribution < -0.4 is 0 Å². The fraction of sp³-hybridized carbons (Fsp3) is 0.938. The van der Waals surface area contributed by atoms with Crippen molar-refractivity contribution in [2.24, 2.45) is 10.8 Å². The maximum absolute atomic E-state index is 11.7. The van der Waals surface area contributed by atoms with Gasteiger partial charge in [-0.25, -0.2) is 0 Å². The number of rotatable bonds is 8. The Morgan fingerprint density at radius 2 is 1.58 bits per heavy atom. The number of esters is 1. The summed E-state index contributed by atoms with van der Waals surface area (Å²) in [7, 11) is 4.14. The molecule has 114 valence electrons. The Morgan fingerprint density at radius 1 is 1.00 bits per heavy atom. The Labute approximate surface area is 119 Å². The zero-order valence-corrected chi connectivity index (χ0v) is 14.0. The average Bonchev–Trinajstić information content (AvgIpc) is 2.24. The molecule has 0 rings (SSSR count). The van der Waals surface area contributed by atoms with Crippen LogP contribution in [0.5, 0.6) is 0 Å². The van der Waals surface area contributed by atoms with Gasteiger partial charge in [0, 0.05) is 11.8 Å². The van der Waals surface area contributed by atoms with Gasteiger partial charge in [0.25, 0.3) is 0 Å². The van der Waals surface area contributed by atoms with Gasteiger partial charge in [-0.15, -0.1) is 0 Å².